The van der Waals surface area contributed by atoms with E-state index < -0.39 is 10.0 Å². The van der Waals surface area contributed by atoms with E-state index >= 15 is 0 Å². The summed E-state index contributed by atoms with van der Waals surface area (Å²) >= 11 is 1.25. The number of hydrogen-bond donors (Lipinski definition) is 2. The number of likely N-dealkylation sites (tertiary alicyclic amines) is 1. The molecule has 1 aromatic carbocycles. The molecule has 1 saturated heterocycles. The summed E-state index contributed by atoms with van der Waals surface area (Å²) in [6, 6.07) is 12.0. The van der Waals surface area contributed by atoms with Crippen LogP contribution in [0.4, 0.5) is 5.69 Å². The zero-order valence-electron chi connectivity index (χ0n) is 14.7. The fourth-order valence-electron chi connectivity index (χ4n) is 3.36. The van der Waals surface area contributed by atoms with Gasteiger partial charge in [-0.3, -0.25) is 0 Å². The molecule has 25 heavy (non-hydrogen) atoms. The Hall–Kier alpha value is -1.41. The van der Waals surface area contributed by atoms with E-state index in [0.29, 0.717) is 10.8 Å². The number of sulfonamides is 1. The Kier molecular flexibility index (Phi) is 5.78. The number of quaternary nitrogens is 1. The molecule has 2 heterocycles. The van der Waals surface area contributed by atoms with Crippen LogP contribution in [0.5, 0.6) is 0 Å². The van der Waals surface area contributed by atoms with Crippen molar-refractivity contribution >= 4 is 27.0 Å². The number of hydrogen-bond acceptors (Lipinski definition) is 4. The number of rotatable bonds is 7. The van der Waals surface area contributed by atoms with Crippen molar-refractivity contribution < 1.29 is 13.3 Å². The molecule has 0 saturated carbocycles. The van der Waals surface area contributed by atoms with E-state index in [1.54, 1.807) is 17.5 Å². The first kappa shape index (κ1) is 18.4. The molecule has 1 aliphatic rings. The van der Waals surface area contributed by atoms with Gasteiger partial charge in [0.25, 0.3) is 0 Å². The van der Waals surface area contributed by atoms with Gasteiger partial charge < -0.3 is 9.80 Å². The Bertz CT molecular complexity index is 765. The molecule has 0 radical (unpaired) electrons. The van der Waals surface area contributed by atoms with Crippen molar-refractivity contribution in [3.05, 3.63) is 47.3 Å². The van der Waals surface area contributed by atoms with Crippen LogP contribution in [0.25, 0.3) is 0 Å². The van der Waals surface area contributed by atoms with Crippen LogP contribution in [0.15, 0.2) is 46.0 Å². The van der Waals surface area contributed by atoms with Crippen molar-refractivity contribution in [2.75, 3.05) is 38.6 Å². The van der Waals surface area contributed by atoms with E-state index in [1.165, 1.54) is 34.6 Å². The fraction of sp³-hybridized carbons (Fsp3) is 0.444. The summed E-state index contributed by atoms with van der Waals surface area (Å²) in [5, 5.41) is 1.79. The first-order chi connectivity index (χ1) is 12.0. The largest absolute Gasteiger partial charge is 0.378 e. The lowest BCUT2D eigenvalue weighted by atomic mass is 10.1. The topological polar surface area (TPSA) is 53.9 Å². The second-order valence-corrected chi connectivity index (χ2v) is 9.63. The van der Waals surface area contributed by atoms with Gasteiger partial charge in [0.2, 0.25) is 10.0 Å². The molecular formula is C18H26N3O2S2+. The highest BCUT2D eigenvalue weighted by molar-refractivity contribution is 7.91. The third-order valence-electron chi connectivity index (χ3n) is 4.79. The average Bonchev–Trinajstić information content (AvgIpc) is 3.29. The number of nitrogens with one attached hydrogen (secondary N) is 2. The van der Waals surface area contributed by atoms with Crippen molar-refractivity contribution in [1.82, 2.24) is 4.72 Å². The summed E-state index contributed by atoms with van der Waals surface area (Å²) in [7, 11) is 0.618. The number of nitrogens with zero attached hydrogens (tertiary/aromatic N) is 1. The molecule has 0 bridgehead atoms. The maximum Gasteiger partial charge on any atom is 0.250 e. The highest BCUT2D eigenvalue weighted by Gasteiger charge is 2.29. The van der Waals surface area contributed by atoms with E-state index in [2.05, 4.69) is 33.9 Å². The van der Waals surface area contributed by atoms with Crippen molar-refractivity contribution in [1.29, 1.82) is 0 Å². The fourth-order valence-corrected chi connectivity index (χ4v) is 5.45. The van der Waals surface area contributed by atoms with Crippen LogP contribution in [0.2, 0.25) is 0 Å². The minimum absolute atomic E-state index is 0.147. The third kappa shape index (κ3) is 4.41. The van der Waals surface area contributed by atoms with Gasteiger partial charge in [0, 0.05) is 38.2 Å². The van der Waals surface area contributed by atoms with E-state index in [4.69, 9.17) is 0 Å². The molecule has 136 valence electrons. The first-order valence-electron chi connectivity index (χ1n) is 8.62. The van der Waals surface area contributed by atoms with Crippen LogP contribution in [-0.2, 0) is 10.0 Å². The average molecular weight is 381 g/mol. The summed E-state index contributed by atoms with van der Waals surface area (Å²) in [6.45, 7) is 2.62. The van der Waals surface area contributed by atoms with Gasteiger partial charge >= 0.3 is 0 Å². The minimum atomic E-state index is -3.42. The van der Waals surface area contributed by atoms with Crippen LogP contribution in [-0.4, -0.2) is 42.1 Å². The normalized spacial score (nSPS) is 16.9. The lowest BCUT2D eigenvalue weighted by Gasteiger charge is -2.25. The summed E-state index contributed by atoms with van der Waals surface area (Å²) in [6.07, 6.45) is 2.42. The quantitative estimate of drug-likeness (QED) is 0.766. The van der Waals surface area contributed by atoms with Gasteiger partial charge in [0.05, 0.1) is 19.6 Å². The zero-order valence-corrected chi connectivity index (χ0v) is 16.4. The Morgan fingerprint density at radius 3 is 2.40 bits per heavy atom. The van der Waals surface area contributed by atoms with E-state index in [0.717, 1.165) is 18.8 Å². The molecule has 0 spiro atoms. The molecule has 0 unspecified atom stereocenters. The lowest BCUT2D eigenvalue weighted by molar-refractivity contribution is -0.918. The van der Waals surface area contributed by atoms with Gasteiger partial charge in [-0.15, -0.1) is 11.3 Å². The molecule has 1 fully saturated rings. The molecule has 1 aromatic heterocycles. The van der Waals surface area contributed by atoms with Crippen LogP contribution in [0.3, 0.4) is 0 Å². The number of benzene rings is 1. The molecular weight excluding hydrogens is 354 g/mol. The van der Waals surface area contributed by atoms with Gasteiger partial charge in [-0.25, -0.2) is 13.1 Å². The van der Waals surface area contributed by atoms with E-state index in [1.807, 2.05) is 14.1 Å². The minimum Gasteiger partial charge on any atom is -0.378 e. The SMILES string of the molecule is CN(C)c1ccc([C@@H](CNS(=O)(=O)c2cccs2)[NH+]2CCCC2)cc1. The predicted octanol–water partition coefficient (Wildman–Crippen LogP) is 1.51. The molecule has 1 aliphatic heterocycles. The molecule has 2 aromatic rings. The Labute approximate surface area is 154 Å². The summed E-state index contributed by atoms with van der Waals surface area (Å²) in [5.74, 6) is 0. The smallest absolute Gasteiger partial charge is 0.250 e. The van der Waals surface area contributed by atoms with Crippen LogP contribution >= 0.6 is 11.3 Å². The third-order valence-corrected chi connectivity index (χ3v) is 7.61. The molecule has 1 atom stereocenters. The Morgan fingerprint density at radius 2 is 1.84 bits per heavy atom. The molecule has 0 amide bonds. The highest BCUT2D eigenvalue weighted by Crippen LogP contribution is 2.19. The molecule has 5 nitrogen and oxygen atoms in total. The maximum atomic E-state index is 12.5. The second kappa shape index (κ2) is 7.86. The molecule has 7 heteroatoms. The van der Waals surface area contributed by atoms with Crippen molar-refractivity contribution in [3.63, 3.8) is 0 Å². The molecule has 0 aliphatic carbocycles. The van der Waals surface area contributed by atoms with Crippen molar-refractivity contribution in [2.24, 2.45) is 0 Å². The zero-order chi connectivity index (χ0) is 17.9. The van der Waals surface area contributed by atoms with Gasteiger partial charge in [-0.1, -0.05) is 18.2 Å². The van der Waals surface area contributed by atoms with Crippen LogP contribution < -0.4 is 14.5 Å². The highest BCUT2D eigenvalue weighted by atomic mass is 32.2. The molecule has 2 N–H and O–H groups in total. The van der Waals surface area contributed by atoms with Gasteiger partial charge in [0.15, 0.2) is 0 Å². The summed E-state index contributed by atoms with van der Waals surface area (Å²) in [4.78, 5) is 3.53. The standard InChI is InChI=1S/C18H25N3O2S2/c1-20(2)16-9-7-15(8-10-16)17(21-11-3-4-12-21)14-19-25(22,23)18-6-5-13-24-18/h5-10,13,17,19H,3-4,11-12,14H2,1-2H3/p+1/t17-/m1/s1. The number of thiophene rings is 1. The van der Waals surface area contributed by atoms with Crippen molar-refractivity contribution in [3.8, 4) is 0 Å². The van der Waals surface area contributed by atoms with Crippen LogP contribution in [0.1, 0.15) is 24.4 Å². The van der Waals surface area contributed by atoms with Crippen molar-refractivity contribution in [2.45, 2.75) is 23.1 Å². The second-order valence-electron chi connectivity index (χ2n) is 6.69. The summed E-state index contributed by atoms with van der Waals surface area (Å²) in [5.41, 5.74) is 2.34. The lowest BCUT2D eigenvalue weighted by Crippen LogP contribution is -3.11. The number of anilines is 1. The van der Waals surface area contributed by atoms with E-state index in [-0.39, 0.29) is 6.04 Å². The molecule has 3 rings (SSSR count). The summed E-state index contributed by atoms with van der Waals surface area (Å²) < 4.78 is 28.1. The maximum absolute atomic E-state index is 12.5. The van der Waals surface area contributed by atoms with Gasteiger partial charge in [-0.2, -0.15) is 0 Å². The van der Waals surface area contributed by atoms with Crippen LogP contribution in [0, 0.1) is 0 Å². The van der Waals surface area contributed by atoms with Gasteiger partial charge in [-0.05, 0) is 23.6 Å². The van der Waals surface area contributed by atoms with Gasteiger partial charge in [0.1, 0.15) is 10.3 Å². The Balaban J connectivity index is 1.78. The first-order valence-corrected chi connectivity index (χ1v) is 11.0. The Morgan fingerprint density at radius 1 is 1.16 bits per heavy atom. The van der Waals surface area contributed by atoms with E-state index in [9.17, 15) is 8.42 Å². The monoisotopic (exact) mass is 380 g/mol. The predicted molar refractivity (Wildman–Crippen MR) is 103 cm³/mol.